The lowest BCUT2D eigenvalue weighted by Crippen LogP contribution is -2.47. The molecule has 0 aliphatic carbocycles. The topological polar surface area (TPSA) is 148 Å². The van der Waals surface area contributed by atoms with E-state index in [-0.39, 0.29) is 24.7 Å². The van der Waals surface area contributed by atoms with E-state index in [9.17, 15) is 9.59 Å². The van der Waals surface area contributed by atoms with E-state index in [1.807, 2.05) is 99.2 Å². The maximum Gasteiger partial charge on any atom is 0.308 e. The van der Waals surface area contributed by atoms with Crippen molar-refractivity contribution in [3.63, 3.8) is 0 Å². The molecule has 7 heterocycles. The third-order valence-corrected chi connectivity index (χ3v) is 14.1. The summed E-state index contributed by atoms with van der Waals surface area (Å²) in [5.41, 5.74) is 6.24. The predicted molar refractivity (Wildman–Crippen MR) is 259 cm³/mol. The van der Waals surface area contributed by atoms with Gasteiger partial charge in [-0.05, 0) is 96.8 Å². The van der Waals surface area contributed by atoms with Gasteiger partial charge in [-0.15, -0.1) is 43.1 Å². The first-order valence-corrected chi connectivity index (χ1v) is 24.1. The summed E-state index contributed by atoms with van der Waals surface area (Å²) in [4.78, 5) is 41.8. The van der Waals surface area contributed by atoms with E-state index >= 15 is 0 Å². The van der Waals surface area contributed by atoms with E-state index in [1.54, 1.807) is 22.7 Å². The highest BCUT2D eigenvalue weighted by Crippen LogP contribution is 2.40. The van der Waals surface area contributed by atoms with Gasteiger partial charge < -0.3 is 15.0 Å². The molecule has 65 heavy (non-hydrogen) atoms. The number of nitrogens with zero attached hydrogens (tertiary/aromatic N) is 10. The number of hydrogen-bond acceptors (Lipinski definition) is 13. The molecule has 18 heteroatoms. The molecule has 4 aromatic heterocycles. The highest BCUT2D eigenvalue weighted by Gasteiger charge is 2.34. The van der Waals surface area contributed by atoms with Crippen LogP contribution in [0.3, 0.4) is 0 Å². The third kappa shape index (κ3) is 10.3. The van der Waals surface area contributed by atoms with Crippen LogP contribution in [0.5, 0.6) is 0 Å². The monoisotopic (exact) mass is 953 g/mol. The molecule has 2 atom stereocenters. The van der Waals surface area contributed by atoms with Gasteiger partial charge in [0.25, 0.3) is 0 Å². The number of carbonyl (C=O) groups is 2. The second-order valence-electron chi connectivity index (χ2n) is 17.5. The lowest BCUT2D eigenvalue weighted by atomic mass is 9.99. The highest BCUT2D eigenvalue weighted by atomic mass is 35.5. The Morgan fingerprint density at radius 3 is 1.91 bits per heavy atom. The number of likely N-dealkylation sites (N-methyl/N-ethyl adjacent to an activating group) is 1. The van der Waals surface area contributed by atoms with Crippen molar-refractivity contribution in [1.82, 2.24) is 44.6 Å². The fraction of sp³-hybridized carbons (Fsp3) is 0.404. The van der Waals surface area contributed by atoms with Gasteiger partial charge in [-0.25, -0.2) is 0 Å². The molecular weight excluding hydrogens is 902 g/mol. The number of aromatic nitrogens is 6. The molecule has 1 N–H and O–H groups in total. The molecule has 14 nitrogen and oxygen atoms in total. The average molecular weight is 955 g/mol. The molecule has 1 saturated heterocycles. The number of benzene rings is 2. The predicted octanol–water partition coefficient (Wildman–Crippen LogP) is 8.47. The van der Waals surface area contributed by atoms with Crippen molar-refractivity contribution in [3.05, 3.63) is 126 Å². The van der Waals surface area contributed by atoms with Gasteiger partial charge in [0.05, 0.1) is 24.3 Å². The molecular formula is C47H53Cl2N11O3S2. The lowest BCUT2D eigenvalue weighted by molar-refractivity contribution is -0.155. The number of aliphatic imine (C=N–C) groups is 2. The summed E-state index contributed by atoms with van der Waals surface area (Å²) in [6, 6.07) is 16.4. The summed E-state index contributed by atoms with van der Waals surface area (Å²) < 4.78 is 9.60. The number of piperazine rings is 1. The van der Waals surface area contributed by atoms with Crippen LogP contribution >= 0.6 is 45.9 Å². The number of carbonyl (C=O) groups excluding carboxylic acids is 2. The Balaban J connectivity index is 0.000000181. The second-order valence-corrected chi connectivity index (χ2v) is 20.4. The molecule has 1 fully saturated rings. The van der Waals surface area contributed by atoms with Crippen molar-refractivity contribution < 1.29 is 14.3 Å². The van der Waals surface area contributed by atoms with E-state index in [4.69, 9.17) is 37.9 Å². The van der Waals surface area contributed by atoms with Crippen LogP contribution in [0.1, 0.15) is 102 Å². The molecule has 340 valence electrons. The van der Waals surface area contributed by atoms with Crippen molar-refractivity contribution in [2.24, 2.45) is 9.98 Å². The van der Waals surface area contributed by atoms with Crippen LogP contribution in [0.25, 0.3) is 10.0 Å². The van der Waals surface area contributed by atoms with Crippen LogP contribution in [-0.2, 0) is 14.3 Å². The molecule has 1 unspecified atom stereocenters. The maximum atomic E-state index is 13.1. The van der Waals surface area contributed by atoms with Crippen LogP contribution in [0.15, 0.2) is 70.0 Å². The number of ether oxygens (including phenoxy) is 1. The van der Waals surface area contributed by atoms with Crippen molar-refractivity contribution in [2.75, 3.05) is 46.3 Å². The Morgan fingerprint density at radius 1 is 0.754 bits per heavy atom. The molecule has 1 amide bonds. The summed E-state index contributed by atoms with van der Waals surface area (Å²) in [5, 5.41) is 26.0. The van der Waals surface area contributed by atoms with Gasteiger partial charge in [0.2, 0.25) is 5.91 Å². The number of amides is 1. The van der Waals surface area contributed by atoms with Gasteiger partial charge in [-0.1, -0.05) is 47.5 Å². The zero-order valence-electron chi connectivity index (χ0n) is 37.9. The van der Waals surface area contributed by atoms with Crippen molar-refractivity contribution in [2.45, 2.75) is 79.0 Å². The van der Waals surface area contributed by atoms with E-state index in [2.05, 4.69) is 61.0 Å². The first-order chi connectivity index (χ1) is 31.0. The number of esters is 1. The van der Waals surface area contributed by atoms with E-state index in [0.717, 1.165) is 88.1 Å². The second kappa shape index (κ2) is 19.4. The van der Waals surface area contributed by atoms with Crippen molar-refractivity contribution in [1.29, 1.82) is 0 Å². The molecule has 0 bridgehead atoms. The first-order valence-electron chi connectivity index (χ1n) is 21.6. The Bertz CT molecular complexity index is 2760. The number of hydrogen-bond donors (Lipinski definition) is 1. The Labute approximate surface area is 397 Å². The summed E-state index contributed by atoms with van der Waals surface area (Å²) in [7, 11) is 2.15. The normalized spacial score (nSPS) is 17.3. The largest absolute Gasteiger partial charge is 0.460 e. The molecule has 0 spiro atoms. The van der Waals surface area contributed by atoms with Gasteiger partial charge in [0.1, 0.15) is 39.3 Å². The van der Waals surface area contributed by atoms with Gasteiger partial charge >= 0.3 is 5.97 Å². The van der Waals surface area contributed by atoms with E-state index in [0.29, 0.717) is 28.2 Å². The SMILES string of the molecule is Cc1nnc2n1-c1sccc1C(c1ccc(Cl)cc1)=N[C@H]2CC(=O)OC(C)(C)C.Cc1sc2c(c1C)C(c1ccc(Cl)cc1)=NC(CC(=O)NCCN1CCN(C)CC1)c1nnc(C)n1-2. The minimum absolute atomic E-state index is 0.0290. The number of thiophene rings is 2. The van der Waals surface area contributed by atoms with Gasteiger partial charge in [0, 0.05) is 76.4 Å². The number of aryl methyl sites for hydroxylation is 3. The summed E-state index contributed by atoms with van der Waals surface area (Å²) in [6.45, 7) is 19.3. The zero-order valence-corrected chi connectivity index (χ0v) is 41.0. The van der Waals surface area contributed by atoms with Crippen LogP contribution in [-0.4, -0.2) is 115 Å². The summed E-state index contributed by atoms with van der Waals surface area (Å²) in [5.74, 6) is 2.54. The van der Waals surface area contributed by atoms with Crippen LogP contribution in [0.4, 0.5) is 0 Å². The Kier molecular flexibility index (Phi) is 13.9. The van der Waals surface area contributed by atoms with Crippen LogP contribution < -0.4 is 5.32 Å². The number of rotatable bonds is 9. The molecule has 0 radical (unpaired) electrons. The van der Waals surface area contributed by atoms with Crippen LogP contribution in [0, 0.1) is 27.7 Å². The molecule has 6 aromatic rings. The molecule has 9 rings (SSSR count). The van der Waals surface area contributed by atoms with Crippen molar-refractivity contribution >= 4 is 69.2 Å². The smallest absolute Gasteiger partial charge is 0.308 e. The van der Waals surface area contributed by atoms with Gasteiger partial charge in [-0.2, -0.15) is 0 Å². The quantitative estimate of drug-likeness (QED) is 0.141. The lowest BCUT2D eigenvalue weighted by Gasteiger charge is -2.32. The van der Waals surface area contributed by atoms with Gasteiger partial charge in [0.15, 0.2) is 11.6 Å². The number of nitrogens with one attached hydrogen (secondary N) is 1. The number of fused-ring (bicyclic) bond motifs is 6. The molecule has 3 aliphatic rings. The molecule has 0 saturated carbocycles. The van der Waals surface area contributed by atoms with Crippen LogP contribution in [0.2, 0.25) is 10.0 Å². The van der Waals surface area contributed by atoms with Crippen molar-refractivity contribution in [3.8, 4) is 10.0 Å². The first kappa shape index (κ1) is 46.4. The third-order valence-electron chi connectivity index (χ3n) is 11.5. The summed E-state index contributed by atoms with van der Waals surface area (Å²) >= 11 is 15.6. The minimum Gasteiger partial charge on any atom is -0.460 e. The minimum atomic E-state index is -0.563. The fourth-order valence-corrected chi connectivity index (χ4v) is 10.5. The maximum absolute atomic E-state index is 13.1. The highest BCUT2D eigenvalue weighted by molar-refractivity contribution is 7.15. The summed E-state index contributed by atoms with van der Waals surface area (Å²) in [6.07, 6.45) is 0.298. The average Bonchev–Trinajstić information content (AvgIpc) is 4.02. The zero-order chi connectivity index (χ0) is 46.2. The van der Waals surface area contributed by atoms with E-state index < -0.39 is 17.7 Å². The van der Waals surface area contributed by atoms with E-state index in [1.165, 1.54) is 10.4 Å². The molecule has 3 aliphatic heterocycles. The standard InChI is InChI=1S/C26H32ClN7OS.C21H21ClN4O2S/c1-16-17(2)36-26-23(16)24(19-5-7-20(27)8-6-19)29-21(25-31-30-18(3)34(25)26)15-22(35)28-9-10-33-13-11-32(4)12-14-33;1-12-24-25-19-16(11-17(27)28-21(2,3)4)23-18(13-5-7-14(22)8-6-13)15-9-10-29-20(15)26(12)19/h5-8,21H,9-15H2,1-4H3,(H,28,35);5-10,16H,11H2,1-4H3/t;16-/m.0/s1. The van der Waals surface area contributed by atoms with Gasteiger partial charge in [-0.3, -0.25) is 33.6 Å². The Hall–Kier alpha value is -5.10. The number of halogens is 2. The molecule has 2 aromatic carbocycles. The fourth-order valence-electron chi connectivity index (χ4n) is 8.10. The Morgan fingerprint density at radius 2 is 1.31 bits per heavy atom.